The van der Waals surface area contributed by atoms with Crippen LogP contribution in [0.4, 0.5) is 33.3 Å². The van der Waals surface area contributed by atoms with Gasteiger partial charge in [0.25, 0.3) is 5.91 Å². The molecule has 192 valence electrons. The molecule has 1 aliphatic heterocycles. The van der Waals surface area contributed by atoms with Crippen molar-refractivity contribution in [2.45, 2.75) is 76.8 Å². The van der Waals surface area contributed by atoms with E-state index in [-0.39, 0.29) is 6.42 Å². The molecule has 2 aromatic rings. The second-order valence-corrected chi connectivity index (χ2v) is 9.14. The molecule has 35 heavy (non-hydrogen) atoms. The first-order valence-corrected chi connectivity index (χ1v) is 12.3. The molecule has 2 unspecified atom stereocenters. The summed E-state index contributed by atoms with van der Waals surface area (Å²) in [5, 5.41) is 2.58. The number of nitrogens with one attached hydrogen (secondary N) is 1. The standard InChI is InChI=1S/C27H33F5N2O/c1-2-3-7-22(28)25(29)26(35)33-23-15-12-20(18-24(23)34-16-5-4-6-17-34)9-8-19-10-13-21(14-11-19)27(30,31)32/h10-15,18,22,25H,2-9,16-17H2,1H3,(H,33,35). The Bertz CT molecular complexity index is 955. The lowest BCUT2D eigenvalue weighted by Gasteiger charge is -2.31. The summed E-state index contributed by atoms with van der Waals surface area (Å²) in [6.07, 6.45) is -2.93. The number of aryl methyl sites for hydroxylation is 2. The van der Waals surface area contributed by atoms with E-state index in [1.807, 2.05) is 19.1 Å². The Labute approximate surface area is 203 Å². The number of carbonyl (C=O) groups excluding carboxylic acids is 1. The van der Waals surface area contributed by atoms with Crippen LogP contribution in [0, 0.1) is 0 Å². The van der Waals surface area contributed by atoms with Crippen molar-refractivity contribution >= 4 is 17.3 Å². The number of anilines is 2. The summed E-state index contributed by atoms with van der Waals surface area (Å²) >= 11 is 0. The van der Waals surface area contributed by atoms with E-state index >= 15 is 0 Å². The van der Waals surface area contributed by atoms with Crippen LogP contribution >= 0.6 is 0 Å². The van der Waals surface area contributed by atoms with Gasteiger partial charge in [-0.1, -0.05) is 38.0 Å². The highest BCUT2D eigenvalue weighted by molar-refractivity contribution is 5.97. The number of unbranched alkanes of at least 4 members (excludes halogenated alkanes) is 1. The SMILES string of the molecule is CCCCC(F)C(F)C(=O)Nc1ccc(CCc2ccc(C(F)(F)F)cc2)cc1N1CCCCC1. The van der Waals surface area contributed by atoms with E-state index in [4.69, 9.17) is 0 Å². The number of hydrogen-bond donors (Lipinski definition) is 1. The van der Waals surface area contributed by atoms with Crippen LogP contribution in [0.25, 0.3) is 0 Å². The Morgan fingerprint density at radius 3 is 2.23 bits per heavy atom. The Kier molecular flexibility index (Phi) is 9.52. The van der Waals surface area contributed by atoms with E-state index in [0.29, 0.717) is 24.9 Å². The molecule has 1 aliphatic rings. The molecular formula is C27H33F5N2O. The maximum absolute atomic E-state index is 14.4. The van der Waals surface area contributed by atoms with Gasteiger partial charge in [-0.2, -0.15) is 13.2 Å². The van der Waals surface area contributed by atoms with Crippen LogP contribution in [0.5, 0.6) is 0 Å². The van der Waals surface area contributed by atoms with Crippen molar-refractivity contribution in [3.8, 4) is 0 Å². The minimum absolute atomic E-state index is 0.00690. The van der Waals surface area contributed by atoms with Crippen LogP contribution in [-0.2, 0) is 23.8 Å². The summed E-state index contributed by atoms with van der Waals surface area (Å²) in [6, 6.07) is 10.6. The smallest absolute Gasteiger partial charge is 0.370 e. The van der Waals surface area contributed by atoms with Gasteiger partial charge in [0.1, 0.15) is 6.17 Å². The number of nitrogens with zero attached hydrogens (tertiary/aromatic N) is 1. The molecule has 0 aliphatic carbocycles. The van der Waals surface area contributed by atoms with Crippen molar-refractivity contribution in [2.24, 2.45) is 0 Å². The van der Waals surface area contributed by atoms with E-state index < -0.39 is 30.0 Å². The lowest BCUT2D eigenvalue weighted by molar-refractivity contribution is -0.137. The van der Waals surface area contributed by atoms with Gasteiger partial charge in [0.05, 0.1) is 16.9 Å². The van der Waals surface area contributed by atoms with Gasteiger partial charge in [0.2, 0.25) is 6.17 Å². The topological polar surface area (TPSA) is 32.3 Å². The number of rotatable bonds is 10. The van der Waals surface area contributed by atoms with Gasteiger partial charge in [-0.3, -0.25) is 4.79 Å². The zero-order chi connectivity index (χ0) is 25.4. The highest BCUT2D eigenvalue weighted by atomic mass is 19.4. The van der Waals surface area contributed by atoms with Crippen LogP contribution < -0.4 is 10.2 Å². The second kappa shape index (κ2) is 12.4. The lowest BCUT2D eigenvalue weighted by atomic mass is 10.0. The molecule has 0 aromatic heterocycles. The number of carbonyl (C=O) groups is 1. The molecule has 0 radical (unpaired) electrons. The highest BCUT2D eigenvalue weighted by Crippen LogP contribution is 2.32. The van der Waals surface area contributed by atoms with Gasteiger partial charge in [0, 0.05) is 13.1 Å². The summed E-state index contributed by atoms with van der Waals surface area (Å²) < 4.78 is 66.9. The summed E-state index contributed by atoms with van der Waals surface area (Å²) in [6.45, 7) is 3.48. The van der Waals surface area contributed by atoms with Crippen molar-refractivity contribution in [1.82, 2.24) is 0 Å². The molecule has 1 amide bonds. The van der Waals surface area contributed by atoms with Gasteiger partial charge in [-0.25, -0.2) is 8.78 Å². The maximum Gasteiger partial charge on any atom is 0.416 e. The zero-order valence-electron chi connectivity index (χ0n) is 20.0. The van der Waals surface area contributed by atoms with E-state index in [9.17, 15) is 26.7 Å². The van der Waals surface area contributed by atoms with Crippen LogP contribution in [0.2, 0.25) is 0 Å². The van der Waals surface area contributed by atoms with Gasteiger partial charge in [0.15, 0.2) is 0 Å². The third kappa shape index (κ3) is 7.67. The molecule has 1 N–H and O–H groups in total. The lowest BCUT2D eigenvalue weighted by Crippen LogP contribution is -2.34. The second-order valence-electron chi connectivity index (χ2n) is 9.14. The number of alkyl halides is 5. The van der Waals surface area contributed by atoms with Gasteiger partial charge in [-0.05, 0) is 73.9 Å². The predicted octanol–water partition coefficient (Wildman–Crippen LogP) is 7.29. The fourth-order valence-corrected chi connectivity index (χ4v) is 4.30. The van der Waals surface area contributed by atoms with Gasteiger partial charge >= 0.3 is 6.18 Å². The normalized spacial score (nSPS) is 16.1. The van der Waals surface area contributed by atoms with Crippen molar-refractivity contribution in [3.63, 3.8) is 0 Å². The van der Waals surface area contributed by atoms with E-state index in [1.165, 1.54) is 12.1 Å². The average Bonchev–Trinajstić information content (AvgIpc) is 2.86. The van der Waals surface area contributed by atoms with E-state index in [2.05, 4.69) is 10.2 Å². The molecule has 8 heteroatoms. The summed E-state index contributed by atoms with van der Waals surface area (Å²) in [4.78, 5) is 14.6. The first-order valence-electron chi connectivity index (χ1n) is 12.3. The minimum Gasteiger partial charge on any atom is -0.370 e. The molecular weight excluding hydrogens is 463 g/mol. The Hall–Kier alpha value is -2.64. The van der Waals surface area contributed by atoms with Crippen molar-refractivity contribution in [2.75, 3.05) is 23.3 Å². The summed E-state index contributed by atoms with van der Waals surface area (Å²) in [5.74, 6) is -0.982. The van der Waals surface area contributed by atoms with Gasteiger partial charge in [-0.15, -0.1) is 0 Å². The number of amides is 1. The molecule has 2 aromatic carbocycles. The molecule has 0 bridgehead atoms. The fourth-order valence-electron chi connectivity index (χ4n) is 4.30. The average molecular weight is 497 g/mol. The first-order chi connectivity index (χ1) is 16.7. The Morgan fingerprint density at radius 2 is 1.60 bits per heavy atom. The van der Waals surface area contributed by atoms with E-state index in [1.54, 1.807) is 6.07 Å². The number of halogens is 5. The zero-order valence-corrected chi connectivity index (χ0v) is 20.0. The molecule has 2 atom stereocenters. The summed E-state index contributed by atoms with van der Waals surface area (Å²) in [5.41, 5.74) is 2.27. The van der Waals surface area contributed by atoms with Crippen LogP contribution in [0.3, 0.4) is 0 Å². The summed E-state index contributed by atoms with van der Waals surface area (Å²) in [7, 11) is 0. The van der Waals surface area contributed by atoms with Gasteiger partial charge < -0.3 is 10.2 Å². The number of piperidine rings is 1. The fraction of sp³-hybridized carbons (Fsp3) is 0.519. The number of benzene rings is 2. The largest absolute Gasteiger partial charge is 0.416 e. The van der Waals surface area contributed by atoms with Crippen molar-refractivity contribution in [3.05, 3.63) is 59.2 Å². The molecule has 3 nitrogen and oxygen atoms in total. The van der Waals surface area contributed by atoms with Crippen molar-refractivity contribution in [1.29, 1.82) is 0 Å². The monoisotopic (exact) mass is 496 g/mol. The third-order valence-corrected chi connectivity index (χ3v) is 6.40. The predicted molar refractivity (Wildman–Crippen MR) is 129 cm³/mol. The van der Waals surface area contributed by atoms with Crippen LogP contribution in [0.1, 0.15) is 62.1 Å². The van der Waals surface area contributed by atoms with Crippen molar-refractivity contribution < 1.29 is 26.7 Å². The maximum atomic E-state index is 14.4. The third-order valence-electron chi connectivity index (χ3n) is 6.40. The molecule has 1 heterocycles. The molecule has 3 rings (SSSR count). The molecule has 0 spiro atoms. The highest BCUT2D eigenvalue weighted by Gasteiger charge is 2.30. The Balaban J connectivity index is 1.73. The molecule has 1 fully saturated rings. The quantitative estimate of drug-likeness (QED) is 0.351. The van der Waals surface area contributed by atoms with E-state index in [0.717, 1.165) is 67.7 Å². The van der Waals surface area contributed by atoms with Crippen LogP contribution in [-0.4, -0.2) is 31.3 Å². The molecule has 0 saturated carbocycles. The minimum atomic E-state index is -4.36. The number of hydrogen-bond acceptors (Lipinski definition) is 2. The first kappa shape index (κ1) is 27.0. The Morgan fingerprint density at radius 1 is 0.971 bits per heavy atom. The molecule has 1 saturated heterocycles. The van der Waals surface area contributed by atoms with Crippen LogP contribution in [0.15, 0.2) is 42.5 Å².